The number of carbonyl (C=O) groups excluding carboxylic acids is 1. The second-order valence-electron chi connectivity index (χ2n) is 5.39. The monoisotopic (exact) mass is 260 g/mol. The van der Waals surface area contributed by atoms with Gasteiger partial charge in [0.15, 0.2) is 0 Å². The lowest BCUT2D eigenvalue weighted by atomic mass is 9.82. The average Bonchev–Trinajstić information content (AvgIpc) is 2.47. The Hall–Kier alpha value is -1.26. The fraction of sp³-hybridized carbons (Fsp3) is 0.600. The summed E-state index contributed by atoms with van der Waals surface area (Å²) in [7, 11) is 0. The molecule has 19 heavy (non-hydrogen) atoms. The van der Waals surface area contributed by atoms with E-state index in [9.17, 15) is 4.79 Å². The highest BCUT2D eigenvalue weighted by Gasteiger charge is 2.29. The number of hydrogen-bond acceptors (Lipinski definition) is 4. The first-order chi connectivity index (χ1) is 9.34. The number of fused-ring (bicyclic) bond motifs is 1. The van der Waals surface area contributed by atoms with Gasteiger partial charge >= 0.3 is 0 Å². The average molecular weight is 260 g/mol. The van der Waals surface area contributed by atoms with Crippen LogP contribution in [0.3, 0.4) is 0 Å². The topological polar surface area (TPSA) is 51.2 Å². The van der Waals surface area contributed by atoms with Crippen LogP contribution in [0.25, 0.3) is 0 Å². The number of nitrogens with one attached hydrogen (secondary N) is 1. The van der Waals surface area contributed by atoms with Gasteiger partial charge in [0.25, 0.3) is 0 Å². The highest BCUT2D eigenvalue weighted by atomic mass is 16.5. The van der Waals surface area contributed by atoms with Crippen molar-refractivity contribution < 1.29 is 9.53 Å². The molecule has 0 saturated carbocycles. The summed E-state index contributed by atoms with van der Waals surface area (Å²) in [6.45, 7) is 2.24. The maximum Gasteiger partial charge on any atom is 0.143 e. The van der Waals surface area contributed by atoms with Crippen molar-refractivity contribution in [3.8, 4) is 0 Å². The van der Waals surface area contributed by atoms with Crippen molar-refractivity contribution in [1.29, 1.82) is 0 Å². The summed E-state index contributed by atoms with van der Waals surface area (Å²) >= 11 is 0. The van der Waals surface area contributed by atoms with Gasteiger partial charge in [-0.3, -0.25) is 9.78 Å². The molecular formula is C15H20N2O2. The molecule has 0 bridgehead atoms. The first-order valence-electron chi connectivity index (χ1n) is 7.12. The van der Waals surface area contributed by atoms with Gasteiger partial charge in [-0.1, -0.05) is 6.07 Å². The number of ether oxygens (including phenoxy) is 1. The van der Waals surface area contributed by atoms with Gasteiger partial charge in [-0.25, -0.2) is 0 Å². The van der Waals surface area contributed by atoms with Crippen molar-refractivity contribution in [2.75, 3.05) is 19.8 Å². The summed E-state index contributed by atoms with van der Waals surface area (Å²) in [6.07, 6.45) is 5.44. The van der Waals surface area contributed by atoms with Crippen LogP contribution in [0.5, 0.6) is 0 Å². The second-order valence-corrected chi connectivity index (χ2v) is 5.39. The number of pyridine rings is 1. The predicted molar refractivity (Wildman–Crippen MR) is 72.1 cm³/mol. The Bertz CT molecular complexity index is 455. The third-order valence-corrected chi connectivity index (χ3v) is 4.03. The first-order valence-corrected chi connectivity index (χ1v) is 7.12. The number of carbonyl (C=O) groups is 1. The Morgan fingerprint density at radius 2 is 2.47 bits per heavy atom. The fourth-order valence-electron chi connectivity index (χ4n) is 3.06. The number of aryl methyl sites for hydroxylation is 1. The number of aromatic nitrogens is 1. The molecule has 1 N–H and O–H groups in total. The molecule has 1 aromatic heterocycles. The van der Waals surface area contributed by atoms with Crippen LogP contribution < -0.4 is 5.32 Å². The predicted octanol–water partition coefficient (Wildman–Crippen LogP) is 1.45. The van der Waals surface area contributed by atoms with Crippen molar-refractivity contribution in [3.05, 3.63) is 29.6 Å². The fourth-order valence-corrected chi connectivity index (χ4v) is 3.06. The molecule has 0 radical (unpaired) electrons. The first kappa shape index (κ1) is 12.8. The molecule has 102 valence electrons. The zero-order valence-corrected chi connectivity index (χ0v) is 11.1. The van der Waals surface area contributed by atoms with Crippen molar-refractivity contribution in [3.63, 3.8) is 0 Å². The van der Waals surface area contributed by atoms with E-state index in [0.717, 1.165) is 38.1 Å². The van der Waals surface area contributed by atoms with Crippen LogP contribution in [0.1, 0.15) is 36.4 Å². The van der Waals surface area contributed by atoms with Gasteiger partial charge in [-0.2, -0.15) is 0 Å². The van der Waals surface area contributed by atoms with Crippen molar-refractivity contribution in [2.45, 2.75) is 37.6 Å². The van der Waals surface area contributed by atoms with Gasteiger partial charge in [0, 0.05) is 25.2 Å². The molecule has 4 heteroatoms. The molecule has 1 aliphatic heterocycles. The van der Waals surface area contributed by atoms with E-state index in [-0.39, 0.29) is 12.0 Å². The largest absolute Gasteiger partial charge is 0.379 e. The Balaban J connectivity index is 1.70. The normalized spacial score (nSPS) is 26.7. The van der Waals surface area contributed by atoms with E-state index in [4.69, 9.17) is 4.74 Å². The third-order valence-electron chi connectivity index (χ3n) is 4.03. The van der Waals surface area contributed by atoms with E-state index in [1.807, 2.05) is 6.07 Å². The van der Waals surface area contributed by atoms with E-state index < -0.39 is 0 Å². The summed E-state index contributed by atoms with van der Waals surface area (Å²) < 4.78 is 5.41. The van der Waals surface area contributed by atoms with Crippen molar-refractivity contribution >= 4 is 5.78 Å². The number of rotatable bonds is 3. The number of Topliss-reactive ketones (excluding diaryl/α,β-unsaturated/α-hetero) is 1. The van der Waals surface area contributed by atoms with E-state index >= 15 is 0 Å². The molecule has 1 fully saturated rings. The van der Waals surface area contributed by atoms with Gasteiger partial charge in [0.1, 0.15) is 5.78 Å². The molecule has 1 aromatic rings. The van der Waals surface area contributed by atoms with Crippen LogP contribution in [0, 0.1) is 0 Å². The number of morpholine rings is 1. The lowest BCUT2D eigenvalue weighted by Gasteiger charge is -2.27. The summed E-state index contributed by atoms with van der Waals surface area (Å²) in [4.78, 5) is 16.9. The molecule has 4 nitrogen and oxygen atoms in total. The van der Waals surface area contributed by atoms with Gasteiger partial charge in [0.05, 0.1) is 24.8 Å². The van der Waals surface area contributed by atoms with E-state index in [1.54, 1.807) is 6.20 Å². The standard InChI is InChI=1S/C15H20N2O2/c18-14(9-12-10-19-8-7-16-12)13-5-1-3-11-4-2-6-17-15(11)13/h2,4,6,12-13,16H,1,3,5,7-10H2. The zero-order chi connectivity index (χ0) is 13.1. The summed E-state index contributed by atoms with van der Waals surface area (Å²) in [6, 6.07) is 4.24. The van der Waals surface area contributed by atoms with Crippen molar-refractivity contribution in [1.82, 2.24) is 10.3 Å². The molecule has 3 rings (SSSR count). The Kier molecular flexibility index (Phi) is 3.89. The Labute approximate surface area is 113 Å². The molecule has 2 heterocycles. The minimum Gasteiger partial charge on any atom is -0.379 e. The maximum atomic E-state index is 12.5. The summed E-state index contributed by atoms with van der Waals surface area (Å²) in [5.74, 6) is 0.302. The molecule has 1 saturated heterocycles. The third kappa shape index (κ3) is 2.85. The minimum atomic E-state index is -0.00586. The van der Waals surface area contributed by atoms with Crippen LogP contribution in [-0.4, -0.2) is 36.6 Å². The molecule has 2 atom stereocenters. The second kappa shape index (κ2) is 5.80. The summed E-state index contributed by atoms with van der Waals surface area (Å²) in [5.41, 5.74) is 2.26. The Morgan fingerprint density at radius 3 is 3.32 bits per heavy atom. The number of ketones is 1. The highest BCUT2D eigenvalue weighted by molar-refractivity contribution is 5.86. The molecule has 0 spiro atoms. The van der Waals surface area contributed by atoms with Crippen LogP contribution in [0.4, 0.5) is 0 Å². The highest BCUT2D eigenvalue weighted by Crippen LogP contribution is 2.31. The molecule has 1 aliphatic carbocycles. The smallest absolute Gasteiger partial charge is 0.143 e. The van der Waals surface area contributed by atoms with Crippen LogP contribution >= 0.6 is 0 Å². The van der Waals surface area contributed by atoms with E-state index in [2.05, 4.69) is 16.4 Å². The van der Waals surface area contributed by atoms with E-state index in [1.165, 1.54) is 5.56 Å². The molecule has 2 unspecified atom stereocenters. The minimum absolute atomic E-state index is 0.00586. The van der Waals surface area contributed by atoms with Gasteiger partial charge in [-0.05, 0) is 30.9 Å². The quantitative estimate of drug-likeness (QED) is 0.893. The number of nitrogens with zero attached hydrogens (tertiary/aromatic N) is 1. The molecule has 0 amide bonds. The van der Waals surface area contributed by atoms with Crippen LogP contribution in [-0.2, 0) is 16.0 Å². The molecular weight excluding hydrogens is 240 g/mol. The molecule has 2 aliphatic rings. The van der Waals surface area contributed by atoms with Gasteiger partial charge < -0.3 is 10.1 Å². The Morgan fingerprint density at radius 1 is 1.53 bits per heavy atom. The maximum absolute atomic E-state index is 12.5. The van der Waals surface area contributed by atoms with Crippen molar-refractivity contribution in [2.24, 2.45) is 0 Å². The van der Waals surface area contributed by atoms with Crippen LogP contribution in [0.15, 0.2) is 18.3 Å². The van der Waals surface area contributed by atoms with E-state index in [0.29, 0.717) is 18.8 Å². The zero-order valence-electron chi connectivity index (χ0n) is 11.1. The van der Waals surface area contributed by atoms with Crippen LogP contribution in [0.2, 0.25) is 0 Å². The summed E-state index contributed by atoms with van der Waals surface area (Å²) in [5, 5.41) is 3.35. The van der Waals surface area contributed by atoms with Gasteiger partial charge in [0.2, 0.25) is 0 Å². The lowest BCUT2D eigenvalue weighted by molar-refractivity contribution is -0.122. The SMILES string of the molecule is O=C(CC1COCCN1)C1CCCc2cccnc21. The lowest BCUT2D eigenvalue weighted by Crippen LogP contribution is -2.43. The molecule has 0 aromatic carbocycles. The number of hydrogen-bond donors (Lipinski definition) is 1. The van der Waals surface area contributed by atoms with Gasteiger partial charge in [-0.15, -0.1) is 0 Å².